The number of anilines is 1. The number of pyridine rings is 1. The number of ether oxygens (including phenoxy) is 1. The number of esters is 1. The number of carbonyl (C=O) groups excluding carboxylic acids is 1. The molecule has 0 saturated carbocycles. The van der Waals surface area contributed by atoms with Gasteiger partial charge in [0.15, 0.2) is 0 Å². The third-order valence-electron chi connectivity index (χ3n) is 3.84. The summed E-state index contributed by atoms with van der Waals surface area (Å²) in [4.78, 5) is 16.8. The Bertz CT molecular complexity index is 716. The zero-order valence-electron chi connectivity index (χ0n) is 12.6. The van der Waals surface area contributed by atoms with Crippen LogP contribution < -0.4 is 5.73 Å². The minimum absolute atomic E-state index is 0.169. The van der Waals surface area contributed by atoms with E-state index >= 15 is 0 Å². The zero-order valence-corrected chi connectivity index (χ0v) is 13.4. The van der Waals surface area contributed by atoms with Crippen molar-refractivity contribution in [2.75, 3.05) is 18.1 Å². The average Bonchev–Trinajstić information content (AvgIpc) is 2.92. The maximum atomic E-state index is 12.2. The van der Waals surface area contributed by atoms with Gasteiger partial charge >= 0.3 is 5.97 Å². The molecule has 0 amide bonds. The SMILES string of the molecule is CCOC(=O)c1c(C)nc2c(c1N)C(c1ccccc1)CS2. The second-order valence-electron chi connectivity index (χ2n) is 5.20. The van der Waals surface area contributed by atoms with Crippen LogP contribution in [0, 0.1) is 6.92 Å². The van der Waals surface area contributed by atoms with Crippen LogP contribution in [0.3, 0.4) is 0 Å². The van der Waals surface area contributed by atoms with Gasteiger partial charge in [0, 0.05) is 17.2 Å². The number of rotatable bonds is 3. The van der Waals surface area contributed by atoms with Crippen LogP contribution in [0.2, 0.25) is 0 Å². The molecule has 114 valence electrons. The molecule has 2 N–H and O–H groups in total. The van der Waals surface area contributed by atoms with Crippen molar-refractivity contribution in [3.63, 3.8) is 0 Å². The lowest BCUT2D eigenvalue weighted by Crippen LogP contribution is -2.15. The lowest BCUT2D eigenvalue weighted by molar-refractivity contribution is 0.0526. The molecule has 0 bridgehead atoms. The fraction of sp³-hybridized carbons (Fsp3) is 0.294. The molecule has 2 heterocycles. The number of fused-ring (bicyclic) bond motifs is 1. The van der Waals surface area contributed by atoms with E-state index in [1.807, 2.05) is 18.2 Å². The summed E-state index contributed by atoms with van der Waals surface area (Å²) in [6.45, 7) is 3.91. The second-order valence-corrected chi connectivity index (χ2v) is 6.21. The summed E-state index contributed by atoms with van der Waals surface area (Å²) < 4.78 is 5.12. The number of aryl methyl sites for hydroxylation is 1. The molecule has 22 heavy (non-hydrogen) atoms. The van der Waals surface area contributed by atoms with Gasteiger partial charge in [-0.25, -0.2) is 9.78 Å². The van der Waals surface area contributed by atoms with Crippen LogP contribution in [-0.2, 0) is 4.74 Å². The molecule has 1 aromatic heterocycles. The van der Waals surface area contributed by atoms with E-state index < -0.39 is 5.97 Å². The van der Waals surface area contributed by atoms with Crippen LogP contribution in [-0.4, -0.2) is 23.3 Å². The average molecular weight is 314 g/mol. The molecule has 1 atom stereocenters. The maximum absolute atomic E-state index is 12.2. The van der Waals surface area contributed by atoms with E-state index in [1.165, 1.54) is 5.56 Å². The molecular formula is C17H18N2O2S. The monoisotopic (exact) mass is 314 g/mol. The van der Waals surface area contributed by atoms with Gasteiger partial charge in [0.25, 0.3) is 0 Å². The third kappa shape index (κ3) is 2.46. The highest BCUT2D eigenvalue weighted by Gasteiger charge is 2.32. The van der Waals surface area contributed by atoms with E-state index in [1.54, 1.807) is 25.6 Å². The van der Waals surface area contributed by atoms with Gasteiger partial charge in [-0.3, -0.25) is 0 Å². The highest BCUT2D eigenvalue weighted by atomic mass is 32.2. The van der Waals surface area contributed by atoms with Crippen molar-refractivity contribution in [1.82, 2.24) is 4.98 Å². The fourth-order valence-electron chi connectivity index (χ4n) is 2.81. The Balaban J connectivity index is 2.11. The first-order chi connectivity index (χ1) is 10.6. The Morgan fingerprint density at radius 2 is 2.14 bits per heavy atom. The Kier molecular flexibility index (Phi) is 4.07. The topological polar surface area (TPSA) is 65.2 Å². The van der Waals surface area contributed by atoms with Crippen LogP contribution in [0.25, 0.3) is 0 Å². The summed E-state index contributed by atoms with van der Waals surface area (Å²) >= 11 is 1.69. The van der Waals surface area contributed by atoms with Crippen molar-refractivity contribution < 1.29 is 9.53 Å². The number of nitrogens with zero attached hydrogens (tertiary/aromatic N) is 1. The van der Waals surface area contributed by atoms with E-state index in [4.69, 9.17) is 10.5 Å². The predicted molar refractivity (Wildman–Crippen MR) is 88.4 cm³/mol. The maximum Gasteiger partial charge on any atom is 0.342 e. The molecule has 0 saturated heterocycles. The Labute approximate surface area is 134 Å². The highest BCUT2D eigenvalue weighted by Crippen LogP contribution is 2.46. The number of thioether (sulfide) groups is 1. The smallest absolute Gasteiger partial charge is 0.342 e. The Morgan fingerprint density at radius 1 is 1.41 bits per heavy atom. The summed E-state index contributed by atoms with van der Waals surface area (Å²) in [5.41, 5.74) is 10.1. The van der Waals surface area contributed by atoms with Crippen LogP contribution >= 0.6 is 11.8 Å². The number of benzene rings is 1. The number of hydrogen-bond acceptors (Lipinski definition) is 5. The standard InChI is InChI=1S/C17H18N2O2S/c1-3-21-17(20)13-10(2)19-16-14(15(13)18)12(9-22-16)11-7-5-4-6-8-11/h4-8,12H,3,9H2,1-2H3,(H2,18,19). The van der Waals surface area contributed by atoms with E-state index in [0.717, 1.165) is 16.3 Å². The summed E-state index contributed by atoms with van der Waals surface area (Å²) in [6.07, 6.45) is 0. The van der Waals surface area contributed by atoms with Gasteiger partial charge in [0.05, 0.1) is 18.0 Å². The molecule has 1 aliphatic heterocycles. The Hall–Kier alpha value is -2.01. The zero-order chi connectivity index (χ0) is 15.7. The molecule has 0 fully saturated rings. The molecular weight excluding hydrogens is 296 g/mol. The van der Waals surface area contributed by atoms with Crippen molar-refractivity contribution in [1.29, 1.82) is 0 Å². The molecule has 1 aromatic carbocycles. The third-order valence-corrected chi connectivity index (χ3v) is 4.92. The van der Waals surface area contributed by atoms with E-state index in [9.17, 15) is 4.79 Å². The van der Waals surface area contributed by atoms with Gasteiger partial charge in [-0.05, 0) is 19.4 Å². The van der Waals surface area contributed by atoms with Gasteiger partial charge in [-0.15, -0.1) is 11.8 Å². The van der Waals surface area contributed by atoms with Gasteiger partial charge in [0.1, 0.15) is 10.6 Å². The number of nitrogen functional groups attached to an aromatic ring is 1. The molecule has 0 spiro atoms. The lowest BCUT2D eigenvalue weighted by atomic mass is 9.91. The normalized spacial score (nSPS) is 16.4. The molecule has 5 heteroatoms. The number of hydrogen-bond donors (Lipinski definition) is 1. The van der Waals surface area contributed by atoms with Crippen molar-refractivity contribution in [2.45, 2.75) is 24.8 Å². The van der Waals surface area contributed by atoms with Crippen molar-refractivity contribution >= 4 is 23.4 Å². The van der Waals surface area contributed by atoms with E-state index in [-0.39, 0.29) is 5.92 Å². The van der Waals surface area contributed by atoms with Crippen molar-refractivity contribution in [3.05, 3.63) is 52.7 Å². The first-order valence-corrected chi connectivity index (χ1v) is 8.26. The lowest BCUT2D eigenvalue weighted by Gasteiger charge is -2.16. The first kappa shape index (κ1) is 14.9. The van der Waals surface area contributed by atoms with E-state index in [0.29, 0.717) is 23.6 Å². The van der Waals surface area contributed by atoms with E-state index in [2.05, 4.69) is 17.1 Å². The molecule has 0 radical (unpaired) electrons. The number of nitrogens with two attached hydrogens (primary N) is 1. The predicted octanol–water partition coefficient (Wildman–Crippen LogP) is 3.39. The first-order valence-electron chi connectivity index (χ1n) is 7.28. The molecule has 1 unspecified atom stereocenters. The summed E-state index contributed by atoms with van der Waals surface area (Å²) in [6, 6.07) is 10.2. The van der Waals surface area contributed by atoms with Crippen LogP contribution in [0.4, 0.5) is 5.69 Å². The fourth-order valence-corrected chi connectivity index (χ4v) is 4.11. The molecule has 2 aromatic rings. The van der Waals surface area contributed by atoms with Gasteiger partial charge in [-0.2, -0.15) is 0 Å². The number of aromatic nitrogens is 1. The second kappa shape index (κ2) is 6.01. The number of carbonyl (C=O) groups is 1. The van der Waals surface area contributed by atoms with Gasteiger partial charge in [-0.1, -0.05) is 30.3 Å². The summed E-state index contributed by atoms with van der Waals surface area (Å²) in [5, 5.41) is 0.928. The van der Waals surface area contributed by atoms with Crippen molar-refractivity contribution in [3.8, 4) is 0 Å². The minimum atomic E-state index is -0.392. The summed E-state index contributed by atoms with van der Waals surface area (Å²) in [7, 11) is 0. The van der Waals surface area contributed by atoms with Crippen LogP contribution in [0.5, 0.6) is 0 Å². The Morgan fingerprint density at radius 3 is 2.82 bits per heavy atom. The molecule has 0 aliphatic carbocycles. The molecule has 3 rings (SSSR count). The highest BCUT2D eigenvalue weighted by molar-refractivity contribution is 7.99. The molecule has 1 aliphatic rings. The minimum Gasteiger partial charge on any atom is -0.462 e. The van der Waals surface area contributed by atoms with Crippen LogP contribution in [0.15, 0.2) is 35.4 Å². The largest absolute Gasteiger partial charge is 0.462 e. The van der Waals surface area contributed by atoms with Crippen LogP contribution in [0.1, 0.15) is 40.0 Å². The van der Waals surface area contributed by atoms with Gasteiger partial charge < -0.3 is 10.5 Å². The van der Waals surface area contributed by atoms with Gasteiger partial charge in [0.2, 0.25) is 0 Å². The van der Waals surface area contributed by atoms with Crippen molar-refractivity contribution in [2.24, 2.45) is 0 Å². The quantitative estimate of drug-likeness (QED) is 0.880. The summed E-state index contributed by atoms with van der Waals surface area (Å²) in [5.74, 6) is 0.668. The molecule has 4 nitrogen and oxygen atoms in total.